The number of benzene rings is 3. The number of hydrogen-bond acceptors (Lipinski definition) is 2. The fraction of sp³-hybridized carbons (Fsp3) is 0.0800. The zero-order chi connectivity index (χ0) is 21.1. The molecule has 0 aliphatic rings. The number of aryl methyl sites for hydroxylation is 1. The molecule has 0 atom stereocenters. The van der Waals surface area contributed by atoms with Gasteiger partial charge in [-0.3, -0.25) is 0 Å². The van der Waals surface area contributed by atoms with Crippen molar-refractivity contribution in [2.45, 2.75) is 13.5 Å². The Balaban J connectivity index is 1.64. The van der Waals surface area contributed by atoms with E-state index in [1.165, 1.54) is 0 Å². The van der Waals surface area contributed by atoms with Crippen LogP contribution in [-0.2, 0) is 6.54 Å². The van der Waals surface area contributed by atoms with Crippen molar-refractivity contribution in [2.75, 3.05) is 0 Å². The second-order valence-electron chi connectivity index (χ2n) is 6.90. The molecule has 3 nitrogen and oxygen atoms in total. The summed E-state index contributed by atoms with van der Waals surface area (Å²) in [6.45, 7) is 2.87. The highest BCUT2D eigenvalue weighted by atomic mass is 35.5. The van der Waals surface area contributed by atoms with Crippen molar-refractivity contribution in [3.05, 3.63) is 94.4 Å². The van der Waals surface area contributed by atoms with Gasteiger partial charge in [-0.1, -0.05) is 59.6 Å². The molecule has 3 aromatic carbocycles. The minimum absolute atomic E-state index is 0.256. The Morgan fingerprint density at radius 3 is 2.43 bits per heavy atom. The molecule has 0 amide bonds. The van der Waals surface area contributed by atoms with E-state index in [0.717, 1.165) is 40.3 Å². The number of hydrogen-bond donors (Lipinski definition) is 1. The van der Waals surface area contributed by atoms with E-state index in [0.29, 0.717) is 10.0 Å². The standard InChI is InChI=1S/C25H20Cl2N2O/c1-2-29-16-24(22-11-10-20(26)15-23(22)27)28-25(29)12-9-17-5-3-6-18(13-17)19-7-4-8-21(30)14-19/h3-16,30H,2H2,1H3. The number of aromatic hydroxyl groups is 1. The lowest BCUT2D eigenvalue weighted by molar-refractivity contribution is 0.475. The Kier molecular flexibility index (Phi) is 5.93. The predicted molar refractivity (Wildman–Crippen MR) is 126 cm³/mol. The summed E-state index contributed by atoms with van der Waals surface area (Å²) in [6, 6.07) is 20.8. The zero-order valence-electron chi connectivity index (χ0n) is 16.4. The third kappa shape index (κ3) is 4.43. The third-order valence-corrected chi connectivity index (χ3v) is 5.39. The first kappa shape index (κ1) is 20.3. The molecule has 1 N–H and O–H groups in total. The number of nitrogens with zero attached hydrogens (tertiary/aromatic N) is 2. The number of aromatic nitrogens is 2. The summed E-state index contributed by atoms with van der Waals surface area (Å²) in [5.41, 5.74) is 4.73. The second-order valence-corrected chi connectivity index (χ2v) is 7.75. The minimum atomic E-state index is 0.256. The monoisotopic (exact) mass is 434 g/mol. The van der Waals surface area contributed by atoms with Gasteiger partial charge in [0.1, 0.15) is 11.6 Å². The number of imidazole rings is 1. The van der Waals surface area contributed by atoms with Crippen molar-refractivity contribution >= 4 is 35.4 Å². The van der Waals surface area contributed by atoms with E-state index < -0.39 is 0 Å². The first-order chi connectivity index (χ1) is 14.5. The Bertz CT molecular complexity index is 1230. The van der Waals surface area contributed by atoms with Crippen molar-refractivity contribution in [1.29, 1.82) is 0 Å². The van der Waals surface area contributed by atoms with Crippen LogP contribution in [0.25, 0.3) is 34.5 Å². The lowest BCUT2D eigenvalue weighted by Gasteiger charge is -2.04. The Morgan fingerprint density at radius 1 is 0.933 bits per heavy atom. The SMILES string of the molecule is CCn1cc(-c2ccc(Cl)cc2Cl)nc1C=Cc1cccc(-c2cccc(O)c2)c1. The van der Waals surface area contributed by atoms with Gasteiger partial charge in [-0.15, -0.1) is 0 Å². The fourth-order valence-corrected chi connectivity index (χ4v) is 3.83. The van der Waals surface area contributed by atoms with Crippen LogP contribution in [-0.4, -0.2) is 14.7 Å². The van der Waals surface area contributed by atoms with Crippen molar-refractivity contribution in [2.24, 2.45) is 0 Å². The summed E-state index contributed by atoms with van der Waals surface area (Å²) in [7, 11) is 0. The Morgan fingerprint density at radius 2 is 1.70 bits per heavy atom. The normalized spacial score (nSPS) is 11.3. The van der Waals surface area contributed by atoms with E-state index in [2.05, 4.69) is 17.6 Å². The maximum Gasteiger partial charge on any atom is 0.133 e. The van der Waals surface area contributed by atoms with E-state index in [-0.39, 0.29) is 5.75 Å². The summed E-state index contributed by atoms with van der Waals surface area (Å²) in [4.78, 5) is 4.76. The summed E-state index contributed by atoms with van der Waals surface area (Å²) in [5.74, 6) is 1.10. The van der Waals surface area contributed by atoms with Gasteiger partial charge in [0.2, 0.25) is 0 Å². The topological polar surface area (TPSA) is 38.0 Å². The molecule has 0 aliphatic heterocycles. The van der Waals surface area contributed by atoms with Crippen molar-refractivity contribution in [1.82, 2.24) is 9.55 Å². The van der Waals surface area contributed by atoms with Crippen LogP contribution >= 0.6 is 23.2 Å². The van der Waals surface area contributed by atoms with Gasteiger partial charge >= 0.3 is 0 Å². The van der Waals surface area contributed by atoms with E-state index in [1.54, 1.807) is 18.2 Å². The van der Waals surface area contributed by atoms with E-state index >= 15 is 0 Å². The molecule has 0 aliphatic carbocycles. The lowest BCUT2D eigenvalue weighted by atomic mass is 10.0. The Labute approximate surface area is 185 Å². The molecule has 0 bridgehead atoms. The zero-order valence-corrected chi connectivity index (χ0v) is 17.9. The highest BCUT2D eigenvalue weighted by molar-refractivity contribution is 6.36. The van der Waals surface area contributed by atoms with Gasteiger partial charge in [-0.05, 0) is 66.1 Å². The van der Waals surface area contributed by atoms with Crippen molar-refractivity contribution in [3.8, 4) is 28.1 Å². The molecule has 0 spiro atoms. The summed E-state index contributed by atoms with van der Waals surface area (Å²) >= 11 is 12.4. The molecule has 0 saturated heterocycles. The van der Waals surface area contributed by atoms with E-state index in [1.807, 2.05) is 60.8 Å². The van der Waals surface area contributed by atoms with Crippen LogP contribution in [0.15, 0.2) is 72.9 Å². The van der Waals surface area contributed by atoms with Gasteiger partial charge in [0.15, 0.2) is 0 Å². The average Bonchev–Trinajstić information content (AvgIpc) is 3.15. The summed E-state index contributed by atoms with van der Waals surface area (Å²) < 4.78 is 2.08. The molecule has 4 rings (SSSR count). The van der Waals surface area contributed by atoms with Gasteiger partial charge in [0, 0.05) is 23.3 Å². The largest absolute Gasteiger partial charge is 0.508 e. The summed E-state index contributed by atoms with van der Waals surface area (Å²) in [5, 5.41) is 10.9. The molecule has 4 aromatic rings. The van der Waals surface area contributed by atoms with Gasteiger partial charge in [-0.2, -0.15) is 0 Å². The van der Waals surface area contributed by atoms with Crippen molar-refractivity contribution < 1.29 is 5.11 Å². The van der Waals surface area contributed by atoms with Gasteiger partial charge in [0.25, 0.3) is 0 Å². The molecule has 0 fully saturated rings. The highest BCUT2D eigenvalue weighted by Gasteiger charge is 2.10. The average molecular weight is 435 g/mol. The molecule has 5 heteroatoms. The van der Waals surface area contributed by atoms with Crippen LogP contribution < -0.4 is 0 Å². The van der Waals surface area contributed by atoms with Crippen LogP contribution in [0.5, 0.6) is 5.75 Å². The van der Waals surface area contributed by atoms with Crippen LogP contribution in [0.4, 0.5) is 0 Å². The first-order valence-electron chi connectivity index (χ1n) is 9.63. The quantitative estimate of drug-likeness (QED) is 0.354. The number of phenolic OH excluding ortho intramolecular Hbond substituents is 1. The molecular formula is C25H20Cl2N2O. The van der Waals surface area contributed by atoms with Crippen molar-refractivity contribution in [3.63, 3.8) is 0 Å². The highest BCUT2D eigenvalue weighted by Crippen LogP contribution is 2.30. The van der Waals surface area contributed by atoms with E-state index in [4.69, 9.17) is 28.2 Å². The molecule has 150 valence electrons. The first-order valence-corrected chi connectivity index (χ1v) is 10.4. The van der Waals surface area contributed by atoms with Gasteiger partial charge in [-0.25, -0.2) is 4.98 Å². The maximum atomic E-state index is 9.74. The Hall–Kier alpha value is -3.01. The van der Waals surface area contributed by atoms with Crippen LogP contribution in [0.1, 0.15) is 18.3 Å². The number of rotatable bonds is 5. The number of halogens is 2. The van der Waals surface area contributed by atoms with Gasteiger partial charge in [0.05, 0.1) is 10.7 Å². The lowest BCUT2D eigenvalue weighted by Crippen LogP contribution is -1.94. The third-order valence-electron chi connectivity index (χ3n) is 4.85. The number of phenols is 1. The fourth-order valence-electron chi connectivity index (χ4n) is 3.32. The summed E-state index contributed by atoms with van der Waals surface area (Å²) in [6.07, 6.45) is 6.03. The molecule has 0 saturated carbocycles. The van der Waals surface area contributed by atoms with Gasteiger partial charge < -0.3 is 9.67 Å². The smallest absolute Gasteiger partial charge is 0.133 e. The molecule has 30 heavy (non-hydrogen) atoms. The molecule has 0 radical (unpaired) electrons. The van der Waals surface area contributed by atoms with Crippen LogP contribution in [0.3, 0.4) is 0 Å². The maximum absolute atomic E-state index is 9.74. The van der Waals surface area contributed by atoms with E-state index in [9.17, 15) is 5.11 Å². The molecular weight excluding hydrogens is 415 g/mol. The predicted octanol–water partition coefficient (Wildman–Crippen LogP) is 7.42. The second kappa shape index (κ2) is 8.78. The van der Waals surface area contributed by atoms with Crippen LogP contribution in [0, 0.1) is 0 Å². The molecule has 1 heterocycles. The van der Waals surface area contributed by atoms with Crippen LogP contribution in [0.2, 0.25) is 10.0 Å². The molecule has 1 aromatic heterocycles. The minimum Gasteiger partial charge on any atom is -0.508 e. The molecule has 0 unspecified atom stereocenters.